The maximum Gasteiger partial charge on any atom is 0.243 e. The molecule has 0 unspecified atom stereocenters. The summed E-state index contributed by atoms with van der Waals surface area (Å²) in [5.74, 6) is -3.06. The molecule has 0 aliphatic heterocycles. The number of thiol groups is 1. The van der Waals surface area contributed by atoms with E-state index < -0.39 is 59.7 Å². The second-order valence-corrected chi connectivity index (χ2v) is 7.78. The molecule has 5 atom stereocenters. The van der Waals surface area contributed by atoms with Gasteiger partial charge >= 0.3 is 0 Å². The highest BCUT2D eigenvalue weighted by molar-refractivity contribution is 7.80. The molecule has 12 nitrogen and oxygen atoms in total. The molecule has 0 bridgehead atoms. The number of unbranched alkanes of at least 4 members (excludes halogenated alkanes) is 1. The maximum atomic E-state index is 12.7. The van der Waals surface area contributed by atoms with Crippen molar-refractivity contribution in [3.05, 3.63) is 6.92 Å². The molecular formula is C19H37N7O5S. The molecule has 32 heavy (non-hydrogen) atoms. The lowest BCUT2D eigenvalue weighted by Gasteiger charge is -2.24. The van der Waals surface area contributed by atoms with Crippen LogP contribution in [-0.4, -0.2) is 72.0 Å². The van der Waals surface area contributed by atoms with Gasteiger partial charge in [0.05, 0.1) is 12.6 Å². The third-order valence-corrected chi connectivity index (χ3v) is 4.99. The second kappa shape index (κ2) is 15.4. The molecule has 0 spiro atoms. The van der Waals surface area contributed by atoms with Crippen LogP contribution in [0.25, 0.3) is 0 Å². The highest BCUT2D eigenvalue weighted by atomic mass is 32.1. The molecule has 0 aliphatic rings. The van der Waals surface area contributed by atoms with E-state index in [1.165, 1.54) is 13.8 Å². The molecule has 11 N–H and O–H groups in total. The largest absolute Gasteiger partial charge is 0.368 e. The van der Waals surface area contributed by atoms with E-state index in [1.54, 1.807) is 0 Å². The molecule has 0 rings (SSSR count). The number of nitrogens with two attached hydrogens (primary N) is 2. The smallest absolute Gasteiger partial charge is 0.243 e. The van der Waals surface area contributed by atoms with Crippen LogP contribution in [0.2, 0.25) is 0 Å². The summed E-state index contributed by atoms with van der Waals surface area (Å²) in [5.41, 5.74) is 14.5. The predicted molar refractivity (Wildman–Crippen MR) is 122 cm³/mol. The fourth-order valence-corrected chi connectivity index (χ4v) is 2.76. The van der Waals surface area contributed by atoms with Gasteiger partial charge in [0.2, 0.25) is 29.5 Å². The SMILES string of the molecule is [CH2-]C[C@H](N)C(=O)N[C@@H](C)C(=O)N[C@@H](CCCC[NH3+])C(=O)N[C@@H](C)C(=O)N[C@@H](CS)C(N)=O. The Morgan fingerprint density at radius 1 is 0.875 bits per heavy atom. The Morgan fingerprint density at radius 2 is 1.38 bits per heavy atom. The van der Waals surface area contributed by atoms with E-state index in [2.05, 4.69) is 46.6 Å². The zero-order chi connectivity index (χ0) is 24.8. The summed E-state index contributed by atoms with van der Waals surface area (Å²) in [6, 6.07) is -4.70. The van der Waals surface area contributed by atoms with Crippen LogP contribution >= 0.6 is 12.6 Å². The monoisotopic (exact) mass is 475 g/mol. The van der Waals surface area contributed by atoms with Crippen molar-refractivity contribution in [3.8, 4) is 0 Å². The summed E-state index contributed by atoms with van der Waals surface area (Å²) in [7, 11) is 0. The minimum absolute atomic E-state index is 0.00678. The van der Waals surface area contributed by atoms with Gasteiger partial charge in [0, 0.05) is 5.75 Å². The Morgan fingerprint density at radius 3 is 1.81 bits per heavy atom. The van der Waals surface area contributed by atoms with Crippen molar-refractivity contribution in [3.63, 3.8) is 0 Å². The Bertz CT molecular complexity index is 664. The molecule has 0 saturated carbocycles. The molecule has 184 valence electrons. The van der Waals surface area contributed by atoms with Gasteiger partial charge < -0.3 is 45.4 Å². The van der Waals surface area contributed by atoms with Crippen molar-refractivity contribution in [2.75, 3.05) is 12.3 Å². The molecular weight excluding hydrogens is 438 g/mol. The Kier molecular flexibility index (Phi) is 14.3. The first-order valence-corrected chi connectivity index (χ1v) is 11.1. The molecule has 0 aromatic heterocycles. The van der Waals surface area contributed by atoms with Gasteiger partial charge in [-0.3, -0.25) is 24.0 Å². The van der Waals surface area contributed by atoms with Crippen LogP contribution in [0, 0.1) is 6.92 Å². The molecule has 0 radical (unpaired) electrons. The average molecular weight is 476 g/mol. The topological polar surface area (TPSA) is 213 Å². The first-order chi connectivity index (χ1) is 15.0. The summed E-state index contributed by atoms with van der Waals surface area (Å²) in [5, 5.41) is 9.97. The fourth-order valence-electron chi connectivity index (χ4n) is 2.49. The molecule has 0 heterocycles. The number of carbonyl (C=O) groups is 5. The Labute approximate surface area is 193 Å². The third-order valence-electron chi connectivity index (χ3n) is 4.62. The van der Waals surface area contributed by atoms with Crippen molar-refractivity contribution in [2.45, 2.75) is 69.7 Å². The van der Waals surface area contributed by atoms with Gasteiger partial charge in [0.1, 0.15) is 24.2 Å². The zero-order valence-corrected chi connectivity index (χ0v) is 19.6. The van der Waals surface area contributed by atoms with Crippen LogP contribution in [0.4, 0.5) is 0 Å². The number of primary amides is 1. The fraction of sp³-hybridized carbons (Fsp3) is 0.684. The lowest BCUT2D eigenvalue weighted by atomic mass is 10.1. The van der Waals surface area contributed by atoms with Gasteiger partial charge in [-0.1, -0.05) is 0 Å². The Hall–Kier alpha value is -2.38. The number of amides is 5. The number of nitrogens with one attached hydrogen (secondary N) is 4. The molecule has 0 aromatic carbocycles. The minimum atomic E-state index is -0.997. The van der Waals surface area contributed by atoms with Gasteiger partial charge in [-0.05, 0) is 33.1 Å². The van der Waals surface area contributed by atoms with E-state index in [4.69, 9.17) is 11.5 Å². The molecule has 13 heteroatoms. The van der Waals surface area contributed by atoms with Crippen LogP contribution in [0.15, 0.2) is 0 Å². The Balaban J connectivity index is 5.09. The van der Waals surface area contributed by atoms with Crippen LogP contribution in [0.3, 0.4) is 0 Å². The van der Waals surface area contributed by atoms with E-state index in [0.717, 1.165) is 6.42 Å². The summed E-state index contributed by atoms with van der Waals surface area (Å²) in [4.78, 5) is 60.6. The van der Waals surface area contributed by atoms with Crippen molar-refractivity contribution in [1.29, 1.82) is 0 Å². The van der Waals surface area contributed by atoms with Gasteiger partial charge in [-0.25, -0.2) is 0 Å². The first-order valence-electron chi connectivity index (χ1n) is 10.4. The minimum Gasteiger partial charge on any atom is -0.368 e. The van der Waals surface area contributed by atoms with Gasteiger partial charge in [0.25, 0.3) is 0 Å². The van der Waals surface area contributed by atoms with Crippen molar-refractivity contribution in [1.82, 2.24) is 21.3 Å². The average Bonchev–Trinajstić information content (AvgIpc) is 2.75. The number of carbonyl (C=O) groups excluding carboxylic acids is 5. The van der Waals surface area contributed by atoms with Gasteiger partial charge in [0.15, 0.2) is 0 Å². The first kappa shape index (κ1) is 29.6. The third kappa shape index (κ3) is 10.8. The number of hydrogen-bond acceptors (Lipinski definition) is 7. The van der Waals surface area contributed by atoms with E-state index in [9.17, 15) is 24.0 Å². The molecule has 0 aliphatic carbocycles. The molecule has 0 fully saturated rings. The van der Waals surface area contributed by atoms with Crippen LogP contribution < -0.4 is 38.5 Å². The molecule has 0 aromatic rings. The molecule has 0 saturated heterocycles. The predicted octanol–water partition coefficient (Wildman–Crippen LogP) is -3.66. The highest BCUT2D eigenvalue weighted by Crippen LogP contribution is 2.03. The van der Waals surface area contributed by atoms with Crippen LogP contribution in [0.5, 0.6) is 0 Å². The van der Waals surface area contributed by atoms with E-state index in [1.807, 2.05) is 0 Å². The van der Waals surface area contributed by atoms with Crippen LogP contribution in [0.1, 0.15) is 39.5 Å². The lowest BCUT2D eigenvalue weighted by molar-refractivity contribution is -0.368. The van der Waals surface area contributed by atoms with Crippen molar-refractivity contribution >= 4 is 42.2 Å². The van der Waals surface area contributed by atoms with E-state index >= 15 is 0 Å². The standard InChI is InChI=1S/C19H36N7O5S/c1-4-12(21)18(30)23-10(2)16(28)25-13(7-5-6-8-20)19(31)24-11(3)17(29)26-14(9-32)15(22)27/h10-14,32H,1,4-9,20-21H2,2-3H3,(H2,22,27)(H,23,30)(H,24,31)(H,25,28)(H,26,29)/q-1/p+1/t10-,11-,12-,13-,14-/m0/s1. The number of quaternary nitrogens is 1. The maximum absolute atomic E-state index is 12.7. The van der Waals surface area contributed by atoms with E-state index in [0.29, 0.717) is 19.4 Å². The zero-order valence-electron chi connectivity index (χ0n) is 18.7. The summed E-state index contributed by atoms with van der Waals surface area (Å²) >= 11 is 3.95. The van der Waals surface area contributed by atoms with Gasteiger partial charge in [-0.15, -0.1) is 0 Å². The number of rotatable bonds is 15. The van der Waals surface area contributed by atoms with E-state index in [-0.39, 0.29) is 12.2 Å². The highest BCUT2D eigenvalue weighted by Gasteiger charge is 2.28. The second-order valence-electron chi connectivity index (χ2n) is 7.41. The normalized spacial score (nSPS) is 15.4. The molecule has 5 amide bonds. The lowest BCUT2D eigenvalue weighted by Crippen LogP contribution is -2.58. The van der Waals surface area contributed by atoms with Gasteiger partial charge in [-0.2, -0.15) is 19.0 Å². The quantitative estimate of drug-likeness (QED) is 0.0678. The van der Waals surface area contributed by atoms with Crippen LogP contribution in [-0.2, 0) is 24.0 Å². The number of hydrogen-bond donors (Lipinski definition) is 8. The summed E-state index contributed by atoms with van der Waals surface area (Å²) < 4.78 is 0. The van der Waals surface area contributed by atoms with Crippen molar-refractivity contribution in [2.24, 2.45) is 11.5 Å². The summed E-state index contributed by atoms with van der Waals surface area (Å²) in [6.45, 7) is 7.10. The summed E-state index contributed by atoms with van der Waals surface area (Å²) in [6.07, 6.45) is 1.82. The van der Waals surface area contributed by atoms with Crippen molar-refractivity contribution < 1.29 is 29.7 Å².